The number of hydrogen-bond acceptors (Lipinski definition) is 3. The number of carbonyl (C=O) groups excluding carboxylic acids is 1. The average Bonchev–Trinajstić information content (AvgIpc) is 2.77. The van der Waals surface area contributed by atoms with Crippen molar-refractivity contribution in [1.29, 1.82) is 0 Å². The molecule has 0 spiro atoms. The molecule has 0 saturated heterocycles. The Morgan fingerprint density at radius 1 is 1.00 bits per heavy atom. The largest absolute Gasteiger partial charge is 0.326 e. The molecule has 31 heavy (non-hydrogen) atoms. The van der Waals surface area contributed by atoms with E-state index in [0.29, 0.717) is 24.0 Å². The van der Waals surface area contributed by atoms with Crippen molar-refractivity contribution >= 4 is 17.6 Å². The maximum absolute atomic E-state index is 12.9. The van der Waals surface area contributed by atoms with Crippen molar-refractivity contribution in [2.24, 2.45) is 4.99 Å². The number of carbonyl (C=O) groups is 1. The second-order valence-electron chi connectivity index (χ2n) is 7.91. The molecule has 1 heterocycles. The summed E-state index contributed by atoms with van der Waals surface area (Å²) >= 11 is 0. The minimum atomic E-state index is -0.191. The number of nitrogens with zero attached hydrogens (tertiary/aromatic N) is 2. The van der Waals surface area contributed by atoms with Gasteiger partial charge in [0.2, 0.25) is 5.96 Å². The standard InChI is InChI=1S/C26H30N4O/c1-5-20(4)22-6-8-24(9-7-22)29-26(28-17-21-10-12-27-13-11-21)30-25(31)23-15-18(2)14-19(3)16-23/h6-16,20H,5,17H2,1-4H3,(H2,28,29,30,31)/t20-/m0/s1. The van der Waals surface area contributed by atoms with Gasteiger partial charge in [-0.25, -0.2) is 4.99 Å². The van der Waals surface area contributed by atoms with E-state index in [1.807, 2.05) is 56.3 Å². The van der Waals surface area contributed by atoms with Gasteiger partial charge in [-0.15, -0.1) is 0 Å². The van der Waals surface area contributed by atoms with E-state index in [9.17, 15) is 4.79 Å². The van der Waals surface area contributed by atoms with Crippen molar-refractivity contribution in [3.8, 4) is 0 Å². The molecular formula is C26H30N4O. The van der Waals surface area contributed by atoms with Crippen LogP contribution in [0, 0.1) is 13.8 Å². The van der Waals surface area contributed by atoms with Crippen molar-refractivity contribution in [1.82, 2.24) is 10.3 Å². The lowest BCUT2D eigenvalue weighted by Gasteiger charge is -2.14. The Morgan fingerprint density at radius 3 is 2.26 bits per heavy atom. The molecule has 0 saturated carbocycles. The van der Waals surface area contributed by atoms with E-state index < -0.39 is 0 Å². The Balaban J connectivity index is 1.81. The number of rotatable bonds is 6. The van der Waals surface area contributed by atoms with Gasteiger partial charge in [0.05, 0.1) is 6.54 Å². The van der Waals surface area contributed by atoms with Gasteiger partial charge < -0.3 is 5.32 Å². The number of nitrogens with one attached hydrogen (secondary N) is 2. The first-order valence-corrected chi connectivity index (χ1v) is 10.6. The fourth-order valence-corrected chi connectivity index (χ4v) is 3.32. The SMILES string of the molecule is CC[C@H](C)c1ccc(NC(=NCc2ccncc2)NC(=O)c2cc(C)cc(C)c2)cc1. The molecule has 0 radical (unpaired) electrons. The summed E-state index contributed by atoms with van der Waals surface area (Å²) < 4.78 is 0. The van der Waals surface area contributed by atoms with Crippen LogP contribution in [0.15, 0.2) is 72.0 Å². The summed E-state index contributed by atoms with van der Waals surface area (Å²) in [5.74, 6) is 0.736. The second-order valence-corrected chi connectivity index (χ2v) is 7.91. The normalized spacial score (nSPS) is 12.3. The van der Waals surface area contributed by atoms with Crippen LogP contribution in [-0.4, -0.2) is 16.9 Å². The van der Waals surface area contributed by atoms with Crippen LogP contribution in [0.5, 0.6) is 0 Å². The van der Waals surface area contributed by atoms with Crippen molar-refractivity contribution < 1.29 is 4.79 Å². The van der Waals surface area contributed by atoms with Crippen molar-refractivity contribution in [3.05, 3.63) is 94.8 Å². The van der Waals surface area contributed by atoms with Gasteiger partial charge in [0.25, 0.3) is 5.91 Å². The van der Waals surface area contributed by atoms with Crippen LogP contribution in [0.3, 0.4) is 0 Å². The number of pyridine rings is 1. The molecule has 1 aromatic heterocycles. The van der Waals surface area contributed by atoms with Gasteiger partial charge in [0.1, 0.15) is 0 Å². The molecular weight excluding hydrogens is 384 g/mol. The second kappa shape index (κ2) is 10.5. The molecule has 0 aliphatic carbocycles. The number of amides is 1. The first-order valence-electron chi connectivity index (χ1n) is 10.6. The van der Waals surface area contributed by atoms with Crippen LogP contribution in [-0.2, 0) is 6.54 Å². The van der Waals surface area contributed by atoms with E-state index >= 15 is 0 Å². The molecule has 0 bridgehead atoms. The van der Waals surface area contributed by atoms with Gasteiger partial charge in [-0.3, -0.25) is 15.1 Å². The summed E-state index contributed by atoms with van der Waals surface area (Å²) in [6, 6.07) is 17.9. The maximum atomic E-state index is 12.9. The highest BCUT2D eigenvalue weighted by Gasteiger charge is 2.11. The third-order valence-electron chi connectivity index (χ3n) is 5.24. The van der Waals surface area contributed by atoms with Crippen molar-refractivity contribution in [2.75, 3.05) is 5.32 Å². The number of benzene rings is 2. The summed E-state index contributed by atoms with van der Waals surface area (Å²) in [5.41, 5.74) is 5.90. The number of guanidine groups is 1. The fraction of sp³-hybridized carbons (Fsp3) is 0.269. The molecule has 0 aliphatic rings. The van der Waals surface area contributed by atoms with Crippen LogP contribution < -0.4 is 10.6 Å². The van der Waals surface area contributed by atoms with E-state index in [1.165, 1.54) is 5.56 Å². The molecule has 0 unspecified atom stereocenters. The molecule has 1 atom stereocenters. The van der Waals surface area contributed by atoms with E-state index in [0.717, 1.165) is 28.8 Å². The fourth-order valence-electron chi connectivity index (χ4n) is 3.32. The van der Waals surface area contributed by atoms with Crippen LogP contribution >= 0.6 is 0 Å². The summed E-state index contributed by atoms with van der Waals surface area (Å²) in [7, 11) is 0. The Hall–Kier alpha value is -3.47. The van der Waals surface area contributed by atoms with Gasteiger partial charge in [-0.2, -0.15) is 0 Å². The van der Waals surface area contributed by atoms with E-state index in [4.69, 9.17) is 0 Å². The van der Waals surface area contributed by atoms with Crippen LogP contribution in [0.1, 0.15) is 58.8 Å². The Bertz CT molecular complexity index is 1020. The van der Waals surface area contributed by atoms with Crippen LogP contribution in [0.2, 0.25) is 0 Å². The van der Waals surface area contributed by atoms with Gasteiger partial charge in [0.15, 0.2) is 0 Å². The zero-order valence-electron chi connectivity index (χ0n) is 18.6. The number of hydrogen-bond donors (Lipinski definition) is 2. The highest BCUT2D eigenvalue weighted by molar-refractivity contribution is 6.10. The monoisotopic (exact) mass is 414 g/mol. The summed E-state index contributed by atoms with van der Waals surface area (Å²) in [6.07, 6.45) is 4.57. The van der Waals surface area contributed by atoms with Gasteiger partial charge >= 0.3 is 0 Å². The Kier molecular flexibility index (Phi) is 7.55. The van der Waals surface area contributed by atoms with Crippen LogP contribution in [0.4, 0.5) is 5.69 Å². The molecule has 2 N–H and O–H groups in total. The molecule has 2 aromatic carbocycles. The molecule has 5 heteroatoms. The number of anilines is 1. The molecule has 1 amide bonds. The highest BCUT2D eigenvalue weighted by Crippen LogP contribution is 2.20. The Labute approximate surface area is 184 Å². The smallest absolute Gasteiger partial charge is 0.257 e. The number of aryl methyl sites for hydroxylation is 2. The van der Waals surface area contributed by atoms with Gasteiger partial charge in [-0.1, -0.05) is 43.2 Å². The van der Waals surface area contributed by atoms with Crippen molar-refractivity contribution in [3.63, 3.8) is 0 Å². The lowest BCUT2D eigenvalue weighted by molar-refractivity contribution is 0.0976. The minimum absolute atomic E-state index is 0.191. The molecule has 3 rings (SSSR count). The topological polar surface area (TPSA) is 66.4 Å². The third kappa shape index (κ3) is 6.51. The molecule has 160 valence electrons. The first kappa shape index (κ1) is 22.2. The summed E-state index contributed by atoms with van der Waals surface area (Å²) in [4.78, 5) is 21.6. The molecule has 0 aliphatic heterocycles. The average molecular weight is 415 g/mol. The predicted octanol–water partition coefficient (Wildman–Crippen LogP) is 5.61. The zero-order valence-corrected chi connectivity index (χ0v) is 18.6. The van der Waals surface area contributed by atoms with Gasteiger partial charge in [0, 0.05) is 23.6 Å². The summed E-state index contributed by atoms with van der Waals surface area (Å²) in [6.45, 7) is 8.80. The zero-order chi connectivity index (χ0) is 22.2. The minimum Gasteiger partial charge on any atom is -0.326 e. The maximum Gasteiger partial charge on any atom is 0.257 e. The van der Waals surface area contributed by atoms with E-state index in [1.54, 1.807) is 12.4 Å². The lowest BCUT2D eigenvalue weighted by Crippen LogP contribution is -2.36. The molecule has 5 nitrogen and oxygen atoms in total. The van der Waals surface area contributed by atoms with Crippen molar-refractivity contribution in [2.45, 2.75) is 46.6 Å². The predicted molar refractivity (Wildman–Crippen MR) is 128 cm³/mol. The summed E-state index contributed by atoms with van der Waals surface area (Å²) in [5, 5.41) is 6.21. The molecule has 3 aromatic rings. The third-order valence-corrected chi connectivity index (χ3v) is 5.24. The van der Waals surface area contributed by atoms with E-state index in [2.05, 4.69) is 46.6 Å². The number of aromatic nitrogens is 1. The van der Waals surface area contributed by atoms with E-state index in [-0.39, 0.29) is 5.91 Å². The van der Waals surface area contributed by atoms with Crippen LogP contribution in [0.25, 0.3) is 0 Å². The van der Waals surface area contributed by atoms with Gasteiger partial charge in [-0.05, 0) is 73.7 Å². The Morgan fingerprint density at radius 2 is 1.65 bits per heavy atom. The number of aliphatic imine (C=N–C) groups is 1. The quantitative estimate of drug-likeness (QED) is 0.407. The highest BCUT2D eigenvalue weighted by atomic mass is 16.1. The molecule has 0 fully saturated rings. The lowest BCUT2D eigenvalue weighted by atomic mass is 9.99. The first-order chi connectivity index (χ1) is 14.9.